The molecule has 2 rings (SSSR count). The fourth-order valence-corrected chi connectivity index (χ4v) is 3.24. The molecule has 2 aromatic rings. The summed E-state index contributed by atoms with van der Waals surface area (Å²) in [6.45, 7) is 13.4. The molecule has 2 aromatic carbocycles. The highest BCUT2D eigenvalue weighted by atomic mass is 16.5. The van der Waals surface area contributed by atoms with Crippen molar-refractivity contribution in [1.82, 2.24) is 10.6 Å². The Morgan fingerprint density at radius 2 is 1.13 bits per heavy atom. The monoisotopic (exact) mass is 426 g/mol. The van der Waals surface area contributed by atoms with Gasteiger partial charge in [-0.1, -0.05) is 36.4 Å². The number of nitrogens with one attached hydrogen (secondary N) is 2. The average Bonchev–Trinajstić information content (AvgIpc) is 2.71. The van der Waals surface area contributed by atoms with Gasteiger partial charge in [0.15, 0.2) is 12.2 Å². The standard InChI is InChI=1S/C25H34N2O4/c1-15-10-8-11-16(2)22(15)30-20(6)24(28)26-14-19(5)27-25(29)21(7)31-23-17(3)12-9-13-18(23)4/h8-13,19-21H,14H2,1-7H3,(H,26,28)(H,27,29). The molecular weight excluding hydrogens is 392 g/mol. The molecule has 0 bridgehead atoms. The Balaban J connectivity index is 1.83. The van der Waals surface area contributed by atoms with Crippen molar-refractivity contribution in [3.05, 3.63) is 58.7 Å². The molecule has 0 aliphatic rings. The number of para-hydroxylation sites is 2. The molecule has 31 heavy (non-hydrogen) atoms. The highest BCUT2D eigenvalue weighted by molar-refractivity contribution is 5.82. The fourth-order valence-electron chi connectivity index (χ4n) is 3.24. The maximum atomic E-state index is 12.5. The van der Waals surface area contributed by atoms with Crippen LogP contribution in [-0.4, -0.2) is 36.6 Å². The second-order valence-electron chi connectivity index (χ2n) is 8.12. The first-order valence-corrected chi connectivity index (χ1v) is 10.6. The topological polar surface area (TPSA) is 76.7 Å². The summed E-state index contributed by atoms with van der Waals surface area (Å²) in [4.78, 5) is 24.9. The molecule has 0 aliphatic carbocycles. The van der Waals surface area contributed by atoms with Crippen LogP contribution in [0.25, 0.3) is 0 Å². The van der Waals surface area contributed by atoms with E-state index in [-0.39, 0.29) is 17.9 Å². The van der Waals surface area contributed by atoms with Crippen LogP contribution in [0, 0.1) is 27.7 Å². The molecule has 3 unspecified atom stereocenters. The third kappa shape index (κ3) is 6.74. The maximum Gasteiger partial charge on any atom is 0.261 e. The van der Waals surface area contributed by atoms with Crippen molar-refractivity contribution in [3.63, 3.8) is 0 Å². The van der Waals surface area contributed by atoms with Gasteiger partial charge in [0, 0.05) is 12.6 Å². The van der Waals surface area contributed by atoms with Crippen LogP contribution in [0.15, 0.2) is 36.4 Å². The van der Waals surface area contributed by atoms with Gasteiger partial charge >= 0.3 is 0 Å². The molecule has 0 spiro atoms. The highest BCUT2D eigenvalue weighted by Gasteiger charge is 2.21. The van der Waals surface area contributed by atoms with Gasteiger partial charge in [0.25, 0.3) is 11.8 Å². The van der Waals surface area contributed by atoms with Crippen LogP contribution in [0.5, 0.6) is 11.5 Å². The number of amides is 2. The van der Waals surface area contributed by atoms with E-state index < -0.39 is 12.2 Å². The number of hydrogen-bond acceptors (Lipinski definition) is 4. The number of aryl methyl sites for hydroxylation is 4. The smallest absolute Gasteiger partial charge is 0.261 e. The molecule has 0 saturated heterocycles. The lowest BCUT2D eigenvalue weighted by molar-refractivity contribution is -0.129. The number of carbonyl (C=O) groups is 2. The van der Waals surface area contributed by atoms with E-state index in [0.717, 1.165) is 33.8 Å². The number of benzene rings is 2. The number of carbonyl (C=O) groups excluding carboxylic acids is 2. The molecule has 6 heteroatoms. The van der Waals surface area contributed by atoms with Gasteiger partial charge in [0.05, 0.1) is 0 Å². The zero-order valence-corrected chi connectivity index (χ0v) is 19.5. The normalized spacial score (nSPS) is 13.6. The molecule has 168 valence electrons. The lowest BCUT2D eigenvalue weighted by Gasteiger charge is -2.22. The molecule has 0 radical (unpaired) electrons. The van der Waals surface area contributed by atoms with Crippen molar-refractivity contribution in [2.45, 2.75) is 66.7 Å². The zero-order chi connectivity index (χ0) is 23.1. The molecular formula is C25H34N2O4. The Morgan fingerprint density at radius 1 is 0.742 bits per heavy atom. The quantitative estimate of drug-likeness (QED) is 0.640. The molecule has 0 aromatic heterocycles. The van der Waals surface area contributed by atoms with Crippen molar-refractivity contribution >= 4 is 11.8 Å². The first-order chi connectivity index (χ1) is 14.6. The zero-order valence-electron chi connectivity index (χ0n) is 19.5. The van der Waals surface area contributed by atoms with Crippen LogP contribution in [0.2, 0.25) is 0 Å². The molecule has 2 N–H and O–H groups in total. The summed E-state index contributed by atoms with van der Waals surface area (Å²) in [5.41, 5.74) is 3.94. The van der Waals surface area contributed by atoms with Gasteiger partial charge in [-0.2, -0.15) is 0 Å². The number of hydrogen-bond donors (Lipinski definition) is 2. The maximum absolute atomic E-state index is 12.5. The van der Waals surface area contributed by atoms with E-state index in [9.17, 15) is 9.59 Å². The summed E-state index contributed by atoms with van der Waals surface area (Å²) in [6.07, 6.45) is -1.29. The van der Waals surface area contributed by atoms with Crippen molar-refractivity contribution < 1.29 is 19.1 Å². The van der Waals surface area contributed by atoms with Gasteiger partial charge in [0.1, 0.15) is 11.5 Å². The summed E-state index contributed by atoms with van der Waals surface area (Å²) in [5.74, 6) is 0.986. The third-order valence-corrected chi connectivity index (χ3v) is 5.12. The molecule has 0 fully saturated rings. The number of ether oxygens (including phenoxy) is 2. The predicted molar refractivity (Wildman–Crippen MR) is 123 cm³/mol. The van der Waals surface area contributed by atoms with Crippen LogP contribution in [-0.2, 0) is 9.59 Å². The van der Waals surface area contributed by atoms with Crippen molar-refractivity contribution in [2.24, 2.45) is 0 Å². The van der Waals surface area contributed by atoms with E-state index in [4.69, 9.17) is 9.47 Å². The minimum Gasteiger partial charge on any atom is -0.480 e. The Hall–Kier alpha value is -3.02. The Morgan fingerprint density at radius 3 is 1.55 bits per heavy atom. The average molecular weight is 427 g/mol. The first kappa shape index (κ1) is 24.3. The Bertz CT molecular complexity index is 885. The molecule has 0 heterocycles. The predicted octanol–water partition coefficient (Wildman–Crippen LogP) is 3.78. The summed E-state index contributed by atoms with van der Waals surface area (Å²) in [7, 11) is 0. The van der Waals surface area contributed by atoms with Gasteiger partial charge in [-0.15, -0.1) is 0 Å². The van der Waals surface area contributed by atoms with Crippen molar-refractivity contribution in [3.8, 4) is 11.5 Å². The summed E-state index contributed by atoms with van der Waals surface area (Å²) in [5, 5.41) is 5.72. The SMILES string of the molecule is Cc1cccc(C)c1OC(C)C(=O)NCC(C)NC(=O)C(C)Oc1c(C)cccc1C. The van der Waals surface area contributed by atoms with Gasteiger partial charge in [-0.25, -0.2) is 0 Å². The molecule has 0 aliphatic heterocycles. The van der Waals surface area contributed by atoms with Gasteiger partial charge in [0.2, 0.25) is 0 Å². The first-order valence-electron chi connectivity index (χ1n) is 10.6. The van der Waals surface area contributed by atoms with E-state index in [2.05, 4.69) is 10.6 Å². The number of rotatable bonds is 9. The van der Waals surface area contributed by atoms with Gasteiger partial charge in [-0.3, -0.25) is 9.59 Å². The van der Waals surface area contributed by atoms with E-state index in [1.165, 1.54) is 0 Å². The highest BCUT2D eigenvalue weighted by Crippen LogP contribution is 2.24. The molecule has 0 saturated carbocycles. The van der Waals surface area contributed by atoms with Gasteiger partial charge < -0.3 is 20.1 Å². The summed E-state index contributed by atoms with van der Waals surface area (Å²) < 4.78 is 11.7. The van der Waals surface area contributed by atoms with Crippen LogP contribution in [0.3, 0.4) is 0 Å². The summed E-state index contributed by atoms with van der Waals surface area (Å²) in [6, 6.07) is 11.5. The fraction of sp³-hybridized carbons (Fsp3) is 0.440. The molecule has 2 amide bonds. The second-order valence-corrected chi connectivity index (χ2v) is 8.12. The van der Waals surface area contributed by atoms with E-state index >= 15 is 0 Å². The van der Waals surface area contributed by atoms with Gasteiger partial charge in [-0.05, 0) is 70.7 Å². The Labute approximate surface area is 185 Å². The largest absolute Gasteiger partial charge is 0.480 e. The van der Waals surface area contributed by atoms with E-state index in [1.54, 1.807) is 13.8 Å². The second kappa shape index (κ2) is 10.8. The van der Waals surface area contributed by atoms with Crippen LogP contribution >= 0.6 is 0 Å². The lowest BCUT2D eigenvalue weighted by Crippen LogP contribution is -2.48. The third-order valence-electron chi connectivity index (χ3n) is 5.12. The van der Waals surface area contributed by atoms with Crippen LogP contribution < -0.4 is 20.1 Å². The van der Waals surface area contributed by atoms with Crippen molar-refractivity contribution in [1.29, 1.82) is 0 Å². The van der Waals surface area contributed by atoms with Crippen LogP contribution in [0.4, 0.5) is 0 Å². The molecule has 6 nitrogen and oxygen atoms in total. The minimum absolute atomic E-state index is 0.232. The van der Waals surface area contributed by atoms with E-state index in [0.29, 0.717) is 6.54 Å². The lowest BCUT2D eigenvalue weighted by atomic mass is 10.1. The summed E-state index contributed by atoms with van der Waals surface area (Å²) >= 11 is 0. The van der Waals surface area contributed by atoms with Crippen molar-refractivity contribution in [2.75, 3.05) is 6.54 Å². The molecule has 3 atom stereocenters. The minimum atomic E-state index is -0.649. The van der Waals surface area contributed by atoms with E-state index in [1.807, 2.05) is 71.0 Å². The van der Waals surface area contributed by atoms with Crippen LogP contribution in [0.1, 0.15) is 43.0 Å². The Kier molecular flexibility index (Phi) is 8.48.